The summed E-state index contributed by atoms with van der Waals surface area (Å²) in [6.07, 6.45) is 19.3. The quantitative estimate of drug-likeness (QED) is 0.0404. The van der Waals surface area contributed by atoms with Crippen molar-refractivity contribution in [3.63, 3.8) is 0 Å². The standard InChI is InChI=1S/C36H59N3O11/c40-29(27-33(42)37-31-21-25-47-35(31)44)19-15-11-7-3-1-5-9-13-17-23-49-39(46)50-24-18-14-10-6-2-4-8-12-16-20-30(41)28-34(43)38-32-22-26-48-36(32)45/h31-32H,1-28H2,(H-,37,38,42,43)/p+1. The van der Waals surface area contributed by atoms with Crippen LogP contribution in [0.25, 0.3) is 0 Å². The number of ketones is 2. The molecular weight excluding hydrogens is 650 g/mol. The van der Waals surface area contributed by atoms with Gasteiger partial charge < -0.3 is 20.1 Å². The number of cyclic esters (lactones) is 2. The number of nitrogens with one attached hydrogen (secondary N) is 2. The van der Waals surface area contributed by atoms with Gasteiger partial charge in [0.2, 0.25) is 11.8 Å². The zero-order valence-corrected chi connectivity index (χ0v) is 29.9. The van der Waals surface area contributed by atoms with Crippen molar-refractivity contribution in [2.24, 2.45) is 0 Å². The molecule has 0 radical (unpaired) electrons. The third kappa shape index (κ3) is 21.5. The predicted molar refractivity (Wildman–Crippen MR) is 182 cm³/mol. The largest absolute Gasteiger partial charge is 0.477 e. The van der Waals surface area contributed by atoms with E-state index >= 15 is 0 Å². The lowest BCUT2D eigenvalue weighted by molar-refractivity contribution is -0.981. The van der Waals surface area contributed by atoms with Gasteiger partial charge in [-0.3, -0.25) is 19.2 Å². The molecule has 14 heteroatoms. The van der Waals surface area contributed by atoms with Crippen LogP contribution in [0.3, 0.4) is 0 Å². The van der Waals surface area contributed by atoms with Crippen LogP contribution in [-0.4, -0.2) is 78.9 Å². The summed E-state index contributed by atoms with van der Waals surface area (Å²) in [5.41, 5.74) is 0. The molecule has 0 aromatic carbocycles. The molecule has 2 atom stereocenters. The highest BCUT2D eigenvalue weighted by atomic mass is 17.0. The molecule has 2 fully saturated rings. The van der Waals surface area contributed by atoms with Crippen LogP contribution in [0.2, 0.25) is 0 Å². The number of Topliss-reactive ketones (excluding diaryl/α,β-unsaturated/α-hetero) is 2. The van der Waals surface area contributed by atoms with E-state index in [0.717, 1.165) is 116 Å². The van der Waals surface area contributed by atoms with E-state index < -0.39 is 35.8 Å². The minimum atomic E-state index is -0.618. The van der Waals surface area contributed by atoms with Crippen molar-refractivity contribution in [2.75, 3.05) is 26.4 Å². The van der Waals surface area contributed by atoms with Gasteiger partial charge in [0, 0.05) is 25.7 Å². The Morgan fingerprint density at radius 1 is 0.540 bits per heavy atom. The summed E-state index contributed by atoms with van der Waals surface area (Å²) < 4.78 is 9.60. The Morgan fingerprint density at radius 2 is 0.860 bits per heavy atom. The van der Waals surface area contributed by atoms with Gasteiger partial charge in [0.25, 0.3) is 0 Å². The van der Waals surface area contributed by atoms with Crippen molar-refractivity contribution in [3.8, 4) is 0 Å². The summed E-state index contributed by atoms with van der Waals surface area (Å²) in [6.45, 7) is 1.28. The first-order valence-electron chi connectivity index (χ1n) is 18.9. The summed E-state index contributed by atoms with van der Waals surface area (Å²) in [4.78, 5) is 92.3. The van der Waals surface area contributed by atoms with Gasteiger partial charge in [0.15, 0.2) is 13.2 Å². The third-order valence-corrected chi connectivity index (χ3v) is 8.85. The minimum absolute atomic E-state index is 0.100. The molecule has 0 saturated carbocycles. The van der Waals surface area contributed by atoms with Crippen LogP contribution in [0.15, 0.2) is 0 Å². The van der Waals surface area contributed by atoms with Gasteiger partial charge in [-0.05, 0) is 38.5 Å². The zero-order valence-electron chi connectivity index (χ0n) is 29.9. The summed E-state index contributed by atoms with van der Waals surface area (Å²) in [6, 6.07) is -1.24. The number of unbranched alkanes of at least 4 members (excludes halogenated alkanes) is 16. The molecule has 2 rings (SSSR count). The average Bonchev–Trinajstić information content (AvgIpc) is 3.67. The summed E-state index contributed by atoms with van der Waals surface area (Å²) in [5.74, 6) is -1.89. The van der Waals surface area contributed by atoms with E-state index in [0.29, 0.717) is 52.1 Å². The maximum absolute atomic E-state index is 12.0. The third-order valence-electron chi connectivity index (χ3n) is 8.85. The second kappa shape index (κ2) is 27.2. The van der Waals surface area contributed by atoms with Crippen molar-refractivity contribution in [1.29, 1.82) is 0 Å². The molecule has 50 heavy (non-hydrogen) atoms. The fraction of sp³-hybridized carbons (Fsp3) is 0.833. The number of carbonyl (C=O) groups is 6. The van der Waals surface area contributed by atoms with Gasteiger partial charge in [-0.2, -0.15) is 9.68 Å². The molecule has 2 aliphatic rings. The van der Waals surface area contributed by atoms with Crippen LogP contribution in [0, 0.1) is 4.91 Å². The smallest absolute Gasteiger partial charge is 0.464 e. The highest BCUT2D eigenvalue weighted by molar-refractivity contribution is 6.00. The summed E-state index contributed by atoms with van der Waals surface area (Å²) in [5, 5.41) is 5.34. The number of hydrogen-bond acceptors (Lipinski definition) is 11. The maximum atomic E-state index is 12.0. The molecule has 0 spiro atoms. The van der Waals surface area contributed by atoms with Crippen LogP contribution in [-0.2, 0) is 47.9 Å². The van der Waals surface area contributed by atoms with Crippen LogP contribution in [0.5, 0.6) is 0 Å². The molecule has 0 bridgehead atoms. The lowest BCUT2D eigenvalue weighted by Gasteiger charge is -2.08. The van der Waals surface area contributed by atoms with Crippen LogP contribution >= 0.6 is 0 Å². The molecule has 0 aromatic heterocycles. The van der Waals surface area contributed by atoms with Crippen molar-refractivity contribution in [3.05, 3.63) is 4.91 Å². The highest BCUT2D eigenvalue weighted by Gasteiger charge is 2.29. The Hall–Kier alpha value is -3.58. The van der Waals surface area contributed by atoms with E-state index in [1.807, 2.05) is 0 Å². The average molecular weight is 711 g/mol. The van der Waals surface area contributed by atoms with Gasteiger partial charge >= 0.3 is 17.0 Å². The first kappa shape index (κ1) is 42.6. The molecular formula is C36H60N3O11+. The number of carbonyl (C=O) groups excluding carboxylic acids is 6. The molecule has 2 heterocycles. The van der Waals surface area contributed by atoms with Crippen LogP contribution < -0.4 is 10.6 Å². The first-order valence-corrected chi connectivity index (χ1v) is 18.9. The van der Waals surface area contributed by atoms with Crippen LogP contribution in [0.1, 0.15) is 154 Å². The molecule has 2 saturated heterocycles. The van der Waals surface area contributed by atoms with Gasteiger partial charge in [-0.1, -0.05) is 77.0 Å². The molecule has 0 aromatic rings. The van der Waals surface area contributed by atoms with Gasteiger partial charge in [0.1, 0.15) is 28.6 Å². The van der Waals surface area contributed by atoms with Crippen molar-refractivity contribution >= 4 is 35.3 Å². The highest BCUT2D eigenvalue weighted by Crippen LogP contribution is 2.14. The first-order chi connectivity index (χ1) is 24.2. The molecule has 2 aliphatic heterocycles. The van der Waals surface area contributed by atoms with E-state index in [4.69, 9.17) is 19.1 Å². The fourth-order valence-corrected chi connectivity index (χ4v) is 5.92. The van der Waals surface area contributed by atoms with Crippen molar-refractivity contribution in [1.82, 2.24) is 10.6 Å². The van der Waals surface area contributed by atoms with E-state index in [-0.39, 0.29) is 29.5 Å². The Kier molecular flexibility index (Phi) is 23.2. The van der Waals surface area contributed by atoms with Gasteiger partial charge in [0.05, 0.1) is 26.1 Å². The van der Waals surface area contributed by atoms with E-state index in [1.54, 1.807) is 0 Å². The topological polar surface area (TPSA) is 183 Å². The zero-order chi connectivity index (χ0) is 36.2. The minimum Gasteiger partial charge on any atom is -0.464 e. The van der Waals surface area contributed by atoms with Crippen LogP contribution in [0.4, 0.5) is 0 Å². The second-order valence-corrected chi connectivity index (χ2v) is 13.3. The maximum Gasteiger partial charge on any atom is 0.477 e. The van der Waals surface area contributed by atoms with Gasteiger partial charge in [-0.25, -0.2) is 9.59 Å². The van der Waals surface area contributed by atoms with E-state index in [2.05, 4.69) is 10.6 Å². The van der Waals surface area contributed by atoms with Gasteiger partial charge in [-0.15, -0.1) is 0 Å². The summed E-state index contributed by atoms with van der Waals surface area (Å²) >= 11 is 0. The fourth-order valence-electron chi connectivity index (χ4n) is 5.92. The monoisotopic (exact) mass is 710 g/mol. The number of hydrogen-bond donors (Lipinski definition) is 2. The lowest BCUT2D eigenvalue weighted by atomic mass is 10.0. The number of nitrogens with zero attached hydrogens (tertiary/aromatic N) is 1. The summed E-state index contributed by atoms with van der Waals surface area (Å²) in [7, 11) is 0. The molecule has 2 unspecified atom stereocenters. The molecule has 2 amide bonds. The van der Waals surface area contributed by atoms with E-state index in [9.17, 15) is 33.7 Å². The van der Waals surface area contributed by atoms with Crippen molar-refractivity contribution < 1.29 is 53.0 Å². The number of esters is 2. The van der Waals surface area contributed by atoms with Crippen molar-refractivity contribution in [2.45, 2.75) is 166 Å². The molecule has 0 aliphatic carbocycles. The normalized spacial score (nSPS) is 16.8. The molecule has 14 nitrogen and oxygen atoms in total. The number of amides is 2. The lowest BCUT2D eigenvalue weighted by Crippen LogP contribution is -2.38. The predicted octanol–water partition coefficient (Wildman–Crippen LogP) is 5.21. The Labute approximate surface area is 296 Å². The SMILES string of the molecule is O=C(CCCCCCCCCCCO[N+](=O)OCCCCCCCCCCCC(=O)CC(=O)NC1CCOC1=O)CC(=O)NC1CCOC1=O. The Morgan fingerprint density at radius 3 is 1.18 bits per heavy atom. The Bertz CT molecular complexity index is 988. The number of ether oxygens (including phenoxy) is 2. The molecule has 2 N–H and O–H groups in total. The van der Waals surface area contributed by atoms with E-state index in [1.165, 1.54) is 0 Å². The Balaban J connectivity index is 1.24. The number of rotatable bonds is 32. The second-order valence-electron chi connectivity index (χ2n) is 13.3. The molecule has 284 valence electrons.